The van der Waals surface area contributed by atoms with Crippen LogP contribution in [0, 0.1) is 12.3 Å². The average Bonchev–Trinajstić information content (AvgIpc) is 2.19. The van der Waals surface area contributed by atoms with E-state index in [1.165, 1.54) is 0 Å². The molecule has 78 valence electrons. The molecule has 1 fully saturated rings. The summed E-state index contributed by atoms with van der Waals surface area (Å²) < 4.78 is 0. The van der Waals surface area contributed by atoms with Gasteiger partial charge in [-0.05, 0) is 13.8 Å². The summed E-state index contributed by atoms with van der Waals surface area (Å²) in [4.78, 5) is 11.7. The Morgan fingerprint density at radius 2 is 2.43 bits per heavy atom. The molecule has 0 bridgehead atoms. The first-order valence-electron chi connectivity index (χ1n) is 4.66. The molecular weight excluding hydrogens is 196 g/mol. The van der Waals surface area contributed by atoms with E-state index in [-0.39, 0.29) is 11.9 Å². The minimum absolute atomic E-state index is 0.000139. The molecule has 1 rings (SSSR count). The maximum atomic E-state index is 11.7. The SMILES string of the molecule is C#CC(C)(C)NC(=O)C1CSCCN1. The molecule has 0 saturated carbocycles. The van der Waals surface area contributed by atoms with Gasteiger partial charge in [-0.3, -0.25) is 4.79 Å². The highest BCUT2D eigenvalue weighted by Gasteiger charge is 2.25. The third-order valence-corrected chi connectivity index (χ3v) is 3.10. The molecule has 1 amide bonds. The van der Waals surface area contributed by atoms with E-state index in [1.807, 2.05) is 13.8 Å². The molecule has 1 saturated heterocycles. The smallest absolute Gasteiger partial charge is 0.239 e. The molecular formula is C10H16N2OS. The van der Waals surface area contributed by atoms with Gasteiger partial charge in [-0.25, -0.2) is 0 Å². The van der Waals surface area contributed by atoms with Crippen molar-refractivity contribution in [3.63, 3.8) is 0 Å². The van der Waals surface area contributed by atoms with Gasteiger partial charge in [0.2, 0.25) is 5.91 Å². The summed E-state index contributed by atoms with van der Waals surface area (Å²) in [5.74, 6) is 4.44. The van der Waals surface area contributed by atoms with Gasteiger partial charge in [0, 0.05) is 18.1 Å². The van der Waals surface area contributed by atoms with E-state index in [0.717, 1.165) is 18.1 Å². The molecule has 0 aliphatic carbocycles. The summed E-state index contributed by atoms with van der Waals surface area (Å²) in [6, 6.07) is -0.0959. The Morgan fingerprint density at radius 3 is 2.93 bits per heavy atom. The van der Waals surface area contributed by atoms with E-state index in [0.29, 0.717) is 0 Å². The summed E-state index contributed by atoms with van der Waals surface area (Å²) in [5, 5.41) is 5.99. The molecule has 1 atom stereocenters. The number of thioether (sulfide) groups is 1. The number of terminal acetylenes is 1. The van der Waals surface area contributed by atoms with Crippen molar-refractivity contribution in [1.82, 2.24) is 10.6 Å². The lowest BCUT2D eigenvalue weighted by molar-refractivity contribution is -0.123. The molecule has 1 heterocycles. The second kappa shape index (κ2) is 4.72. The molecule has 14 heavy (non-hydrogen) atoms. The van der Waals surface area contributed by atoms with Gasteiger partial charge in [-0.2, -0.15) is 11.8 Å². The fraction of sp³-hybridized carbons (Fsp3) is 0.700. The first-order chi connectivity index (χ1) is 6.55. The molecule has 0 aromatic carbocycles. The molecule has 0 radical (unpaired) electrons. The van der Waals surface area contributed by atoms with Crippen molar-refractivity contribution >= 4 is 17.7 Å². The minimum atomic E-state index is -0.555. The fourth-order valence-corrected chi connectivity index (χ4v) is 2.10. The summed E-state index contributed by atoms with van der Waals surface area (Å²) in [6.45, 7) is 4.53. The van der Waals surface area contributed by atoms with E-state index < -0.39 is 5.54 Å². The first-order valence-corrected chi connectivity index (χ1v) is 5.81. The molecule has 4 heteroatoms. The lowest BCUT2D eigenvalue weighted by Crippen LogP contribution is -2.54. The van der Waals surface area contributed by atoms with Gasteiger partial charge >= 0.3 is 0 Å². The van der Waals surface area contributed by atoms with E-state index in [9.17, 15) is 4.79 Å². The molecule has 0 aromatic heterocycles. The zero-order valence-electron chi connectivity index (χ0n) is 8.59. The van der Waals surface area contributed by atoms with Gasteiger partial charge in [0.25, 0.3) is 0 Å². The number of hydrogen-bond acceptors (Lipinski definition) is 3. The van der Waals surface area contributed by atoms with Crippen molar-refractivity contribution in [1.29, 1.82) is 0 Å². The largest absolute Gasteiger partial charge is 0.339 e. The van der Waals surface area contributed by atoms with E-state index >= 15 is 0 Å². The molecule has 1 aliphatic rings. The molecule has 1 aliphatic heterocycles. The monoisotopic (exact) mass is 212 g/mol. The highest BCUT2D eigenvalue weighted by molar-refractivity contribution is 7.99. The van der Waals surface area contributed by atoms with E-state index in [2.05, 4.69) is 16.6 Å². The second-order valence-corrected chi connectivity index (χ2v) is 4.99. The number of hydrogen-bond donors (Lipinski definition) is 2. The Bertz CT molecular complexity index is 251. The Balaban J connectivity index is 2.45. The van der Waals surface area contributed by atoms with Crippen molar-refractivity contribution < 1.29 is 4.79 Å². The molecule has 0 spiro atoms. The zero-order valence-corrected chi connectivity index (χ0v) is 9.41. The predicted molar refractivity (Wildman–Crippen MR) is 60.2 cm³/mol. The number of amides is 1. The number of carbonyl (C=O) groups is 1. The molecule has 1 unspecified atom stereocenters. The van der Waals surface area contributed by atoms with Crippen LogP contribution in [0.4, 0.5) is 0 Å². The first kappa shape index (κ1) is 11.4. The lowest BCUT2D eigenvalue weighted by Gasteiger charge is -2.26. The van der Waals surface area contributed by atoms with Gasteiger partial charge in [-0.1, -0.05) is 5.92 Å². The van der Waals surface area contributed by atoms with Crippen LogP contribution >= 0.6 is 11.8 Å². The summed E-state index contributed by atoms with van der Waals surface area (Å²) in [5.41, 5.74) is -0.555. The van der Waals surface area contributed by atoms with Gasteiger partial charge in [-0.15, -0.1) is 6.42 Å². The molecule has 3 nitrogen and oxygen atoms in total. The number of nitrogens with one attached hydrogen (secondary N) is 2. The Kier molecular flexibility index (Phi) is 3.85. The number of carbonyl (C=O) groups excluding carboxylic acids is 1. The van der Waals surface area contributed by atoms with Gasteiger partial charge in [0.15, 0.2) is 0 Å². The van der Waals surface area contributed by atoms with Crippen LogP contribution < -0.4 is 10.6 Å². The Morgan fingerprint density at radius 1 is 1.71 bits per heavy atom. The summed E-state index contributed by atoms with van der Waals surface area (Å²) in [7, 11) is 0. The Hall–Kier alpha value is -0.660. The van der Waals surface area contributed by atoms with Crippen molar-refractivity contribution in [3.8, 4) is 12.3 Å². The Labute approximate surface area is 89.4 Å². The van der Waals surface area contributed by atoms with Gasteiger partial charge in [0.05, 0.1) is 11.6 Å². The highest BCUT2D eigenvalue weighted by atomic mass is 32.2. The van der Waals surface area contributed by atoms with Crippen LogP contribution in [0.5, 0.6) is 0 Å². The van der Waals surface area contributed by atoms with Crippen LogP contribution in [-0.2, 0) is 4.79 Å². The normalized spacial score (nSPS) is 22.5. The van der Waals surface area contributed by atoms with Crippen LogP contribution in [0.1, 0.15) is 13.8 Å². The van der Waals surface area contributed by atoms with Crippen molar-refractivity contribution in [2.75, 3.05) is 18.1 Å². The van der Waals surface area contributed by atoms with Crippen molar-refractivity contribution in [3.05, 3.63) is 0 Å². The molecule has 2 N–H and O–H groups in total. The van der Waals surface area contributed by atoms with Gasteiger partial charge in [0.1, 0.15) is 0 Å². The maximum Gasteiger partial charge on any atom is 0.239 e. The van der Waals surface area contributed by atoms with Crippen LogP contribution in [0.2, 0.25) is 0 Å². The predicted octanol–water partition coefficient (Wildman–Crippen LogP) is 0.219. The maximum absolute atomic E-state index is 11.7. The highest BCUT2D eigenvalue weighted by Crippen LogP contribution is 2.09. The third kappa shape index (κ3) is 3.24. The fourth-order valence-electron chi connectivity index (χ4n) is 1.17. The summed E-state index contributed by atoms with van der Waals surface area (Å²) >= 11 is 1.79. The van der Waals surface area contributed by atoms with Crippen LogP contribution in [0.25, 0.3) is 0 Å². The topological polar surface area (TPSA) is 41.1 Å². The quantitative estimate of drug-likeness (QED) is 0.643. The lowest BCUT2D eigenvalue weighted by atomic mass is 10.1. The third-order valence-electron chi connectivity index (χ3n) is 2.03. The second-order valence-electron chi connectivity index (χ2n) is 3.84. The minimum Gasteiger partial charge on any atom is -0.339 e. The van der Waals surface area contributed by atoms with Crippen LogP contribution in [0.3, 0.4) is 0 Å². The number of rotatable bonds is 2. The zero-order chi connectivity index (χ0) is 10.6. The van der Waals surface area contributed by atoms with Crippen LogP contribution in [-0.4, -0.2) is 35.5 Å². The van der Waals surface area contributed by atoms with E-state index in [1.54, 1.807) is 11.8 Å². The average molecular weight is 212 g/mol. The van der Waals surface area contributed by atoms with Crippen molar-refractivity contribution in [2.24, 2.45) is 0 Å². The standard InChI is InChI=1S/C10H16N2OS/c1-4-10(2,3)12-9(13)8-7-14-6-5-11-8/h1,8,11H,5-7H2,2-3H3,(H,12,13). The van der Waals surface area contributed by atoms with E-state index in [4.69, 9.17) is 6.42 Å². The van der Waals surface area contributed by atoms with Gasteiger partial charge < -0.3 is 10.6 Å². The van der Waals surface area contributed by atoms with Crippen molar-refractivity contribution in [2.45, 2.75) is 25.4 Å². The molecule has 0 aromatic rings. The van der Waals surface area contributed by atoms with Crippen LogP contribution in [0.15, 0.2) is 0 Å². The summed E-state index contributed by atoms with van der Waals surface area (Å²) in [6.07, 6.45) is 5.29.